The molecular weight excluding hydrogens is 326 g/mol. The first kappa shape index (κ1) is 16.8. The molecule has 1 amide bonds. The number of thiazole rings is 1. The molecule has 1 N–H and O–H groups in total. The zero-order chi connectivity index (χ0) is 17.2. The van der Waals surface area contributed by atoms with E-state index < -0.39 is 5.60 Å². The highest BCUT2D eigenvalue weighted by Gasteiger charge is 2.38. The molecule has 2 aromatic heterocycles. The van der Waals surface area contributed by atoms with Gasteiger partial charge in [-0.1, -0.05) is 0 Å². The zero-order valence-corrected chi connectivity index (χ0v) is 14.7. The molecule has 1 aliphatic rings. The average Bonchev–Trinajstić information content (AvgIpc) is 3.14. The van der Waals surface area contributed by atoms with Gasteiger partial charge in [-0.2, -0.15) is 0 Å². The lowest BCUT2D eigenvalue weighted by molar-refractivity contribution is -0.132. The van der Waals surface area contributed by atoms with Crippen molar-refractivity contribution in [3.05, 3.63) is 34.7 Å². The topological polar surface area (TPSA) is 82.5 Å². The summed E-state index contributed by atoms with van der Waals surface area (Å²) in [7, 11) is 1.73. The third-order valence-corrected chi connectivity index (χ3v) is 4.98. The molecule has 1 fully saturated rings. The quantitative estimate of drug-likeness (QED) is 0.865. The van der Waals surface area contributed by atoms with Gasteiger partial charge in [0.1, 0.15) is 11.4 Å². The zero-order valence-electron chi connectivity index (χ0n) is 13.8. The predicted molar refractivity (Wildman–Crippen MR) is 92.0 cm³/mol. The lowest BCUT2D eigenvalue weighted by Gasteiger charge is -2.29. The van der Waals surface area contributed by atoms with Gasteiger partial charge in [0.2, 0.25) is 5.91 Å². The summed E-state index contributed by atoms with van der Waals surface area (Å²) in [5.74, 6) is 0.715. The number of aromatic nitrogens is 3. The Morgan fingerprint density at radius 1 is 1.50 bits per heavy atom. The molecule has 0 bridgehead atoms. The van der Waals surface area contributed by atoms with Crippen molar-refractivity contribution in [3.63, 3.8) is 0 Å². The third kappa shape index (κ3) is 3.88. The molecule has 1 saturated heterocycles. The molecule has 0 saturated carbocycles. The van der Waals surface area contributed by atoms with Crippen LogP contribution in [0.2, 0.25) is 0 Å². The van der Waals surface area contributed by atoms with E-state index in [1.807, 2.05) is 17.2 Å². The van der Waals surface area contributed by atoms with Gasteiger partial charge in [-0.3, -0.25) is 9.78 Å². The normalized spacial score (nSPS) is 20.4. The molecule has 0 aliphatic carbocycles. The minimum Gasteiger partial charge on any atom is -0.386 e. The van der Waals surface area contributed by atoms with E-state index in [-0.39, 0.29) is 12.3 Å². The van der Waals surface area contributed by atoms with E-state index in [9.17, 15) is 9.90 Å². The highest BCUT2D eigenvalue weighted by atomic mass is 32.1. The molecule has 0 radical (unpaired) electrons. The summed E-state index contributed by atoms with van der Waals surface area (Å²) < 4.78 is 0. The number of nitrogens with zero attached hydrogens (tertiary/aromatic N) is 5. The van der Waals surface area contributed by atoms with Gasteiger partial charge >= 0.3 is 0 Å². The lowest BCUT2D eigenvalue weighted by atomic mass is 10.0. The Labute approximate surface area is 145 Å². The molecule has 1 unspecified atom stereocenters. The van der Waals surface area contributed by atoms with Crippen LogP contribution in [-0.2, 0) is 11.2 Å². The molecule has 0 aromatic carbocycles. The Hall–Kier alpha value is -2.06. The van der Waals surface area contributed by atoms with E-state index >= 15 is 0 Å². The SMILES string of the molecule is Cc1nc(CC(=O)N(C)CC2(O)CCN(c3cnccn3)C2)cs1. The summed E-state index contributed by atoms with van der Waals surface area (Å²) in [4.78, 5) is 28.6. The number of rotatable bonds is 5. The first-order valence-corrected chi connectivity index (χ1v) is 8.71. The molecule has 2 aromatic rings. The van der Waals surface area contributed by atoms with Gasteiger partial charge in [0.05, 0.1) is 29.9 Å². The number of aliphatic hydroxyl groups is 1. The van der Waals surface area contributed by atoms with Crippen LogP contribution in [0.15, 0.2) is 24.0 Å². The summed E-state index contributed by atoms with van der Waals surface area (Å²) in [6.07, 6.45) is 5.81. The van der Waals surface area contributed by atoms with Crippen LogP contribution < -0.4 is 4.90 Å². The lowest BCUT2D eigenvalue weighted by Crippen LogP contribution is -2.46. The monoisotopic (exact) mass is 347 g/mol. The Bertz CT molecular complexity index is 708. The minimum atomic E-state index is -0.931. The highest BCUT2D eigenvalue weighted by Crippen LogP contribution is 2.25. The second-order valence-corrected chi connectivity index (χ2v) is 7.31. The van der Waals surface area contributed by atoms with Gasteiger partial charge in [0.15, 0.2) is 0 Å². The Morgan fingerprint density at radius 2 is 2.33 bits per heavy atom. The summed E-state index contributed by atoms with van der Waals surface area (Å²) in [5.41, 5.74) is -0.145. The molecule has 7 nitrogen and oxygen atoms in total. The van der Waals surface area contributed by atoms with Crippen molar-refractivity contribution in [2.24, 2.45) is 0 Å². The van der Waals surface area contributed by atoms with Crippen molar-refractivity contribution in [3.8, 4) is 0 Å². The molecule has 24 heavy (non-hydrogen) atoms. The second-order valence-electron chi connectivity index (χ2n) is 6.24. The van der Waals surface area contributed by atoms with Crippen LogP contribution in [0.4, 0.5) is 5.82 Å². The van der Waals surface area contributed by atoms with Crippen LogP contribution in [0.3, 0.4) is 0 Å². The standard InChI is InChI=1S/C16H21N5O2S/c1-12-19-13(9-24-12)7-15(22)20(2)10-16(23)3-6-21(11-16)14-8-17-4-5-18-14/h4-5,8-9,23H,3,6-7,10-11H2,1-2H3. The fourth-order valence-corrected chi connectivity index (χ4v) is 3.56. The molecule has 1 atom stereocenters. The van der Waals surface area contributed by atoms with Crippen LogP contribution >= 0.6 is 11.3 Å². The van der Waals surface area contributed by atoms with Gasteiger partial charge in [-0.25, -0.2) is 9.97 Å². The van der Waals surface area contributed by atoms with Gasteiger partial charge in [-0.05, 0) is 13.3 Å². The number of carbonyl (C=O) groups is 1. The van der Waals surface area contributed by atoms with Gasteiger partial charge in [0.25, 0.3) is 0 Å². The van der Waals surface area contributed by atoms with Crippen molar-refractivity contribution in [1.82, 2.24) is 19.9 Å². The van der Waals surface area contributed by atoms with Crippen LogP contribution in [0.1, 0.15) is 17.1 Å². The highest BCUT2D eigenvalue weighted by molar-refractivity contribution is 7.09. The maximum absolute atomic E-state index is 12.3. The smallest absolute Gasteiger partial charge is 0.228 e. The fourth-order valence-electron chi connectivity index (χ4n) is 2.94. The maximum Gasteiger partial charge on any atom is 0.228 e. The number of aryl methyl sites for hydroxylation is 1. The first-order valence-electron chi connectivity index (χ1n) is 7.83. The third-order valence-electron chi connectivity index (χ3n) is 4.16. The van der Waals surface area contributed by atoms with Gasteiger partial charge in [-0.15, -0.1) is 11.3 Å². The van der Waals surface area contributed by atoms with E-state index in [2.05, 4.69) is 15.0 Å². The van der Waals surface area contributed by atoms with Gasteiger partial charge in [0, 0.05) is 37.9 Å². The maximum atomic E-state index is 12.3. The van der Waals surface area contributed by atoms with E-state index in [4.69, 9.17) is 0 Å². The average molecular weight is 347 g/mol. The van der Waals surface area contributed by atoms with E-state index in [0.29, 0.717) is 26.1 Å². The van der Waals surface area contributed by atoms with Crippen molar-refractivity contribution >= 4 is 23.1 Å². The number of anilines is 1. The van der Waals surface area contributed by atoms with E-state index in [0.717, 1.165) is 16.5 Å². The minimum absolute atomic E-state index is 0.0355. The molecule has 1 aliphatic heterocycles. The molecule has 8 heteroatoms. The number of amides is 1. The van der Waals surface area contributed by atoms with Crippen molar-refractivity contribution < 1.29 is 9.90 Å². The van der Waals surface area contributed by atoms with Crippen LogP contribution in [-0.4, -0.2) is 63.1 Å². The molecular formula is C16H21N5O2S. The summed E-state index contributed by atoms with van der Waals surface area (Å²) in [6, 6.07) is 0. The van der Waals surface area contributed by atoms with Crippen molar-refractivity contribution in [2.45, 2.75) is 25.4 Å². The van der Waals surface area contributed by atoms with Crippen LogP contribution in [0.25, 0.3) is 0 Å². The summed E-state index contributed by atoms with van der Waals surface area (Å²) >= 11 is 1.54. The van der Waals surface area contributed by atoms with Crippen LogP contribution in [0, 0.1) is 6.92 Å². The van der Waals surface area contributed by atoms with Gasteiger partial charge < -0.3 is 14.9 Å². The number of carbonyl (C=O) groups excluding carboxylic acids is 1. The number of β-amino-alcohol motifs (C(OH)–C–C–N with tert-alkyl or cyclic N) is 1. The summed E-state index contributed by atoms with van der Waals surface area (Å²) in [6.45, 7) is 3.36. The van der Waals surface area contributed by atoms with Crippen molar-refractivity contribution in [2.75, 3.05) is 31.6 Å². The molecule has 0 spiro atoms. The van der Waals surface area contributed by atoms with Crippen molar-refractivity contribution in [1.29, 1.82) is 0 Å². The Morgan fingerprint density at radius 3 is 3.00 bits per heavy atom. The first-order chi connectivity index (χ1) is 11.5. The molecule has 3 rings (SSSR count). The second kappa shape index (κ2) is 6.82. The van der Waals surface area contributed by atoms with Crippen LogP contribution in [0.5, 0.6) is 0 Å². The molecule has 3 heterocycles. The predicted octanol–water partition coefficient (Wildman–Crippen LogP) is 0.884. The fraction of sp³-hybridized carbons (Fsp3) is 0.500. The Kier molecular flexibility index (Phi) is 4.77. The number of hydrogen-bond donors (Lipinski definition) is 1. The molecule has 128 valence electrons. The summed E-state index contributed by atoms with van der Waals surface area (Å²) in [5, 5.41) is 13.7. The van der Waals surface area contributed by atoms with E-state index in [1.54, 1.807) is 30.5 Å². The van der Waals surface area contributed by atoms with E-state index in [1.165, 1.54) is 11.3 Å². The Balaban J connectivity index is 1.57. The largest absolute Gasteiger partial charge is 0.386 e. The number of likely N-dealkylation sites (N-methyl/N-ethyl adjacent to an activating group) is 1. The number of hydrogen-bond acceptors (Lipinski definition) is 7.